The van der Waals surface area contributed by atoms with Crippen LogP contribution < -0.4 is 16.0 Å². The molecule has 1 aliphatic rings. The fourth-order valence-corrected chi connectivity index (χ4v) is 7.98. The molecule has 328 valence electrons. The number of nitrogens with zero attached hydrogens (tertiary/aromatic N) is 3. The number of nitrogens with one attached hydrogen (secondary N) is 3. The maximum absolute atomic E-state index is 14.0. The highest BCUT2D eigenvalue weighted by Gasteiger charge is 2.44. The highest BCUT2D eigenvalue weighted by atomic mass is 32.1. The number of alkyl carbamates (subject to hydrolysis) is 1. The molecule has 3 aromatic rings. The summed E-state index contributed by atoms with van der Waals surface area (Å²) in [6, 6.07) is 13.9. The number of thiazole rings is 1. The van der Waals surface area contributed by atoms with Crippen LogP contribution in [0.3, 0.4) is 0 Å². The number of ether oxygens (including phenoxy) is 1. The number of β-amino-alcohol motifs (C(OH)–C–C–N with tert-alkyl or cyclic N) is 1. The normalized spacial score (nSPS) is 16.6. The van der Waals surface area contributed by atoms with Crippen molar-refractivity contribution in [3.63, 3.8) is 0 Å². The van der Waals surface area contributed by atoms with Gasteiger partial charge in [0.2, 0.25) is 17.7 Å². The lowest BCUT2D eigenvalue weighted by molar-refractivity contribution is -0.144. The number of hydrogen-bond donors (Lipinski definition) is 5. The number of aryl methyl sites for hydroxylation is 2. The van der Waals surface area contributed by atoms with E-state index in [0.717, 1.165) is 45.7 Å². The van der Waals surface area contributed by atoms with E-state index in [-0.39, 0.29) is 50.6 Å². The van der Waals surface area contributed by atoms with Crippen LogP contribution >= 0.6 is 11.3 Å². The number of aromatic nitrogens is 1. The average Bonchev–Trinajstić information content (AvgIpc) is 3.78. The molecule has 0 unspecified atom stereocenters. The van der Waals surface area contributed by atoms with Gasteiger partial charge in [-0.25, -0.2) is 9.78 Å². The lowest BCUT2D eigenvalue weighted by Crippen LogP contribution is -2.57. The molecule has 1 fully saturated rings. The molecule has 4 amide bonds. The summed E-state index contributed by atoms with van der Waals surface area (Å²) in [6.45, 7) is 14.2. The maximum atomic E-state index is 14.0. The average molecular weight is 849 g/mol. The molecule has 0 bridgehead atoms. The third-order valence-electron chi connectivity index (χ3n) is 10.3. The Hall–Kier alpha value is -4.86. The van der Waals surface area contributed by atoms with Gasteiger partial charge in [0, 0.05) is 51.5 Å². The number of aliphatic hydroxyl groups excluding tert-OH is 1. The van der Waals surface area contributed by atoms with E-state index in [1.54, 1.807) is 32.1 Å². The number of carbonyl (C=O) groups is 5. The minimum atomic E-state index is -0.929. The van der Waals surface area contributed by atoms with E-state index in [2.05, 4.69) is 33.1 Å². The van der Waals surface area contributed by atoms with Crippen molar-refractivity contribution < 1.29 is 38.9 Å². The number of benzene rings is 2. The van der Waals surface area contributed by atoms with Crippen molar-refractivity contribution in [2.75, 3.05) is 20.1 Å². The lowest BCUT2D eigenvalue weighted by Gasteiger charge is -2.35. The zero-order chi connectivity index (χ0) is 44.2. The Morgan fingerprint density at radius 1 is 0.933 bits per heavy atom. The van der Waals surface area contributed by atoms with Gasteiger partial charge in [-0.1, -0.05) is 69.3 Å². The summed E-state index contributed by atoms with van der Waals surface area (Å²) in [5.74, 6) is -1.92. The predicted molar refractivity (Wildman–Crippen MR) is 232 cm³/mol. The highest BCUT2D eigenvalue weighted by molar-refractivity contribution is 7.13. The fraction of sp³-hybridized carbons (Fsp3) is 0.556. The van der Waals surface area contributed by atoms with Crippen LogP contribution in [0.5, 0.6) is 0 Å². The van der Waals surface area contributed by atoms with Gasteiger partial charge < -0.3 is 40.7 Å². The number of likely N-dealkylation sites (N-methyl/N-ethyl adjacent to an activating group) is 1. The quantitative estimate of drug-likeness (QED) is 0.0918. The van der Waals surface area contributed by atoms with Crippen molar-refractivity contribution in [3.8, 4) is 10.4 Å². The molecule has 60 heavy (non-hydrogen) atoms. The van der Waals surface area contributed by atoms with E-state index in [1.807, 2.05) is 81.6 Å². The number of likely N-dealkylation sites (tertiary alicyclic amines) is 1. The Balaban J connectivity index is 1.23. The van der Waals surface area contributed by atoms with Gasteiger partial charge in [-0.2, -0.15) is 0 Å². The summed E-state index contributed by atoms with van der Waals surface area (Å²) in [4.78, 5) is 73.1. The molecule has 4 atom stereocenters. The second-order valence-corrected chi connectivity index (χ2v) is 18.8. The van der Waals surface area contributed by atoms with Crippen LogP contribution in [0, 0.1) is 12.3 Å². The number of unbranched alkanes of at least 4 members (excludes halogenated alkanes) is 1. The number of amides is 4. The van der Waals surface area contributed by atoms with Gasteiger partial charge in [0.25, 0.3) is 0 Å². The molecule has 1 aliphatic heterocycles. The van der Waals surface area contributed by atoms with Gasteiger partial charge in [0.05, 0.1) is 22.2 Å². The third kappa shape index (κ3) is 15.3. The summed E-state index contributed by atoms with van der Waals surface area (Å²) in [7, 11) is 1.92. The summed E-state index contributed by atoms with van der Waals surface area (Å²) in [6.07, 6.45) is 1.26. The molecule has 15 heteroatoms. The predicted octanol–water partition coefficient (Wildman–Crippen LogP) is 5.83. The Bertz CT molecular complexity index is 1900. The van der Waals surface area contributed by atoms with E-state index < -0.39 is 53.2 Å². The number of aliphatic hydroxyl groups is 1. The van der Waals surface area contributed by atoms with E-state index in [4.69, 9.17) is 4.74 Å². The molecule has 14 nitrogen and oxygen atoms in total. The Labute approximate surface area is 358 Å². The first-order valence-electron chi connectivity index (χ1n) is 20.7. The second kappa shape index (κ2) is 21.6. The smallest absolute Gasteiger partial charge is 0.407 e. The topological polar surface area (TPSA) is 190 Å². The summed E-state index contributed by atoms with van der Waals surface area (Å²) < 4.78 is 5.37. The van der Waals surface area contributed by atoms with Crippen LogP contribution in [0.1, 0.15) is 102 Å². The number of carboxylic acid groups (broad SMARTS) is 1. The summed E-state index contributed by atoms with van der Waals surface area (Å²) in [5, 5.41) is 28.5. The molecule has 0 aliphatic carbocycles. The van der Waals surface area contributed by atoms with Crippen LogP contribution in [0.25, 0.3) is 10.4 Å². The van der Waals surface area contributed by atoms with Gasteiger partial charge in [0.15, 0.2) is 0 Å². The molecule has 5 N–H and O–H groups in total. The van der Waals surface area contributed by atoms with Gasteiger partial charge in [-0.05, 0) is 88.1 Å². The molecule has 1 saturated heterocycles. The maximum Gasteiger partial charge on any atom is 0.407 e. The molecule has 2 heterocycles. The lowest BCUT2D eigenvalue weighted by atomic mass is 9.85. The van der Waals surface area contributed by atoms with Crippen LogP contribution in [0.2, 0.25) is 0 Å². The number of carbonyl (C=O) groups excluding carboxylic acids is 4. The van der Waals surface area contributed by atoms with Crippen LogP contribution in [-0.4, -0.2) is 105 Å². The van der Waals surface area contributed by atoms with Crippen molar-refractivity contribution in [1.29, 1.82) is 0 Å². The first-order valence-corrected chi connectivity index (χ1v) is 21.6. The van der Waals surface area contributed by atoms with Crippen molar-refractivity contribution in [3.05, 3.63) is 76.4 Å². The number of carboxylic acids is 1. The zero-order valence-electron chi connectivity index (χ0n) is 36.4. The minimum absolute atomic E-state index is 0.00988. The molecular formula is C45H64N6O8S. The van der Waals surface area contributed by atoms with Crippen molar-refractivity contribution in [2.45, 2.75) is 136 Å². The standard InChI is InChI=1S/C45H64N6O8S/c1-29-39(60-28-47-29)33-19-17-31(18-20-33)24-46-41(56)36-23-35(52)27-51(36)42(57)40(44(2,3)4)49-37(53)12-10-9-11-30-13-15-32(16-14-30)25-50(8)26-34(21-22-38(54)55)48-43(58)59-45(5,6)7/h13-20,28,34-36,40,52H,9-12,21-27H2,1-8H3,(H,46,56)(H,48,58)(H,49,53)(H,54,55)/t34-,35+,36-,40+/m0/s1. The summed E-state index contributed by atoms with van der Waals surface area (Å²) >= 11 is 1.57. The molecule has 0 radical (unpaired) electrons. The van der Waals surface area contributed by atoms with Crippen molar-refractivity contribution in [2.24, 2.45) is 5.41 Å². The van der Waals surface area contributed by atoms with Gasteiger partial charge in [-0.15, -0.1) is 11.3 Å². The third-order valence-corrected chi connectivity index (χ3v) is 11.2. The van der Waals surface area contributed by atoms with Crippen LogP contribution in [-0.2, 0) is 43.4 Å². The minimum Gasteiger partial charge on any atom is -0.481 e. The molecule has 0 spiro atoms. The Kier molecular flexibility index (Phi) is 17.2. The Morgan fingerprint density at radius 2 is 1.58 bits per heavy atom. The number of rotatable bonds is 19. The van der Waals surface area contributed by atoms with Gasteiger partial charge >= 0.3 is 12.1 Å². The monoisotopic (exact) mass is 848 g/mol. The molecular weight excluding hydrogens is 785 g/mol. The van der Waals surface area contributed by atoms with Crippen LogP contribution in [0.4, 0.5) is 4.79 Å². The number of hydrogen-bond acceptors (Lipinski definition) is 10. The number of aliphatic carboxylic acids is 1. The molecule has 1 aromatic heterocycles. The second-order valence-electron chi connectivity index (χ2n) is 17.9. The largest absolute Gasteiger partial charge is 0.481 e. The SMILES string of the molecule is Cc1ncsc1-c1ccc(CNC(=O)[C@@H]2C[C@@H](O)CN2C(=O)[C@@H](NC(=O)CCCCc2ccc(CN(C)C[C@H](CCC(=O)O)NC(=O)OC(C)(C)C)cc2)C(C)(C)C)cc1. The van der Waals surface area contributed by atoms with E-state index in [1.165, 1.54) is 4.90 Å². The molecule has 2 aromatic carbocycles. The van der Waals surface area contributed by atoms with E-state index >= 15 is 0 Å². The summed E-state index contributed by atoms with van der Waals surface area (Å²) in [5.41, 5.74) is 5.60. The first-order chi connectivity index (χ1) is 28.2. The highest BCUT2D eigenvalue weighted by Crippen LogP contribution is 2.28. The van der Waals surface area contributed by atoms with E-state index in [0.29, 0.717) is 19.5 Å². The Morgan fingerprint density at radius 3 is 2.18 bits per heavy atom. The first kappa shape index (κ1) is 47.8. The zero-order valence-corrected chi connectivity index (χ0v) is 37.2. The van der Waals surface area contributed by atoms with Crippen molar-refractivity contribution in [1.82, 2.24) is 30.7 Å². The van der Waals surface area contributed by atoms with Gasteiger partial charge in [-0.3, -0.25) is 19.2 Å². The fourth-order valence-electron chi connectivity index (χ4n) is 7.17. The van der Waals surface area contributed by atoms with Crippen LogP contribution in [0.15, 0.2) is 54.0 Å². The molecule has 0 saturated carbocycles. The van der Waals surface area contributed by atoms with E-state index in [9.17, 15) is 34.2 Å². The molecule has 4 rings (SSSR count). The van der Waals surface area contributed by atoms with Gasteiger partial charge in [0.1, 0.15) is 17.7 Å². The van der Waals surface area contributed by atoms with Crippen molar-refractivity contribution >= 4 is 41.1 Å².